The molecule has 0 aliphatic heterocycles. The van der Waals surface area contributed by atoms with Crippen LogP contribution in [0.1, 0.15) is 18.9 Å². The van der Waals surface area contributed by atoms with E-state index in [-0.39, 0.29) is 11.9 Å². The molecule has 0 aliphatic rings. The molecule has 0 radical (unpaired) electrons. The van der Waals surface area contributed by atoms with Gasteiger partial charge in [-0.2, -0.15) is 0 Å². The molecule has 0 saturated carbocycles. The topological polar surface area (TPSA) is 42.0 Å². The van der Waals surface area contributed by atoms with Crippen LogP contribution in [-0.2, 0) is 4.79 Å². The summed E-state index contributed by atoms with van der Waals surface area (Å²) in [5, 5.41) is 3.65. The first-order chi connectivity index (χ1) is 8.15. The quantitative estimate of drug-likeness (QED) is 0.846. The first kappa shape index (κ1) is 11.8. The molecule has 0 fully saturated rings. The van der Waals surface area contributed by atoms with Crippen molar-refractivity contribution in [1.29, 1.82) is 0 Å². The van der Waals surface area contributed by atoms with Gasteiger partial charge in [-0.15, -0.1) is 11.3 Å². The van der Waals surface area contributed by atoms with Crippen LogP contribution in [-0.4, -0.2) is 16.9 Å². The number of carbonyl (C=O) groups excluding carboxylic acids is 1. The number of nitrogens with one attached hydrogen (secondary N) is 1. The molecule has 88 valence electrons. The number of nitrogens with zero attached hydrogens (tertiary/aromatic N) is 1. The van der Waals surface area contributed by atoms with Crippen LogP contribution in [0.5, 0.6) is 0 Å². The SMILES string of the molecule is CC(C)NC(=O)C=Cc1nc2ccccc2s1. The summed E-state index contributed by atoms with van der Waals surface area (Å²) in [6, 6.07) is 8.10. The fourth-order valence-electron chi connectivity index (χ4n) is 1.44. The van der Waals surface area contributed by atoms with Gasteiger partial charge in [0.1, 0.15) is 5.01 Å². The first-order valence-corrected chi connectivity index (χ1v) is 6.31. The second kappa shape index (κ2) is 5.10. The average molecular weight is 246 g/mol. The van der Waals surface area contributed by atoms with Crippen molar-refractivity contribution in [2.24, 2.45) is 0 Å². The minimum Gasteiger partial charge on any atom is -0.350 e. The highest BCUT2D eigenvalue weighted by Gasteiger charge is 2.01. The predicted molar refractivity (Wildman–Crippen MR) is 71.9 cm³/mol. The summed E-state index contributed by atoms with van der Waals surface area (Å²) in [5.74, 6) is -0.0840. The molecular formula is C13H14N2OS. The molecule has 1 aromatic carbocycles. The zero-order valence-corrected chi connectivity index (χ0v) is 10.6. The lowest BCUT2D eigenvalue weighted by Crippen LogP contribution is -2.28. The highest BCUT2D eigenvalue weighted by molar-refractivity contribution is 7.19. The predicted octanol–water partition coefficient (Wildman–Crippen LogP) is 2.83. The lowest BCUT2D eigenvalue weighted by molar-refractivity contribution is -0.116. The van der Waals surface area contributed by atoms with Gasteiger partial charge < -0.3 is 5.32 Å². The zero-order chi connectivity index (χ0) is 12.3. The van der Waals surface area contributed by atoms with Gasteiger partial charge in [0.05, 0.1) is 10.2 Å². The van der Waals surface area contributed by atoms with Crippen LogP contribution >= 0.6 is 11.3 Å². The number of hydrogen-bond donors (Lipinski definition) is 1. The fourth-order valence-corrected chi connectivity index (χ4v) is 2.31. The molecule has 0 saturated heterocycles. The number of aromatic nitrogens is 1. The summed E-state index contributed by atoms with van der Waals surface area (Å²) < 4.78 is 1.14. The maximum Gasteiger partial charge on any atom is 0.244 e. The van der Waals surface area contributed by atoms with Crippen LogP contribution in [0, 0.1) is 0 Å². The number of benzene rings is 1. The number of hydrogen-bond acceptors (Lipinski definition) is 3. The van der Waals surface area contributed by atoms with Gasteiger partial charge in [0, 0.05) is 12.1 Å². The molecular weight excluding hydrogens is 232 g/mol. The van der Waals surface area contributed by atoms with Crippen molar-refractivity contribution in [3.8, 4) is 0 Å². The Hall–Kier alpha value is -1.68. The summed E-state index contributed by atoms with van der Waals surface area (Å²) >= 11 is 1.58. The highest BCUT2D eigenvalue weighted by Crippen LogP contribution is 2.22. The summed E-state index contributed by atoms with van der Waals surface area (Å²) in [4.78, 5) is 15.8. The molecule has 0 unspecified atom stereocenters. The van der Waals surface area contributed by atoms with E-state index in [4.69, 9.17) is 0 Å². The Morgan fingerprint density at radius 2 is 2.18 bits per heavy atom. The van der Waals surface area contributed by atoms with Crippen molar-refractivity contribution in [2.45, 2.75) is 19.9 Å². The van der Waals surface area contributed by atoms with Gasteiger partial charge in [0.2, 0.25) is 5.91 Å². The molecule has 0 aliphatic carbocycles. The van der Waals surface area contributed by atoms with Crippen molar-refractivity contribution >= 4 is 33.5 Å². The van der Waals surface area contributed by atoms with Crippen molar-refractivity contribution in [1.82, 2.24) is 10.3 Å². The number of thiazole rings is 1. The van der Waals surface area contributed by atoms with Crippen LogP contribution in [0.15, 0.2) is 30.3 Å². The number of carbonyl (C=O) groups is 1. The van der Waals surface area contributed by atoms with E-state index in [1.807, 2.05) is 38.1 Å². The van der Waals surface area contributed by atoms with Gasteiger partial charge >= 0.3 is 0 Å². The van der Waals surface area contributed by atoms with Crippen LogP contribution in [0.2, 0.25) is 0 Å². The number of amides is 1. The van der Waals surface area contributed by atoms with Crippen LogP contribution in [0.25, 0.3) is 16.3 Å². The molecule has 1 amide bonds. The molecule has 2 aromatic rings. The number of rotatable bonds is 3. The summed E-state index contributed by atoms with van der Waals surface area (Å²) in [6.45, 7) is 3.87. The van der Waals surface area contributed by atoms with Crippen molar-refractivity contribution in [3.63, 3.8) is 0 Å². The Bertz CT molecular complexity index is 524. The standard InChI is InChI=1S/C13H14N2OS/c1-9(2)14-12(16)7-8-13-15-10-5-3-4-6-11(10)17-13/h3-9H,1-2H3,(H,14,16). The Balaban J connectivity index is 2.13. The van der Waals surface area contributed by atoms with Crippen molar-refractivity contribution in [2.75, 3.05) is 0 Å². The third kappa shape index (κ3) is 3.14. The van der Waals surface area contributed by atoms with E-state index in [2.05, 4.69) is 10.3 Å². The normalized spacial score (nSPS) is 11.5. The van der Waals surface area contributed by atoms with Gasteiger partial charge in [0.25, 0.3) is 0 Å². The zero-order valence-electron chi connectivity index (χ0n) is 9.81. The van der Waals surface area contributed by atoms with Gasteiger partial charge in [-0.25, -0.2) is 4.98 Å². The fraction of sp³-hybridized carbons (Fsp3) is 0.231. The lowest BCUT2D eigenvalue weighted by Gasteiger charge is -2.03. The molecule has 17 heavy (non-hydrogen) atoms. The number of fused-ring (bicyclic) bond motifs is 1. The Labute approximate surface area is 104 Å². The lowest BCUT2D eigenvalue weighted by atomic mass is 10.3. The molecule has 3 nitrogen and oxygen atoms in total. The van der Waals surface area contributed by atoms with E-state index in [1.54, 1.807) is 17.4 Å². The Morgan fingerprint density at radius 3 is 2.88 bits per heavy atom. The molecule has 0 bridgehead atoms. The molecule has 0 atom stereocenters. The van der Waals surface area contributed by atoms with Gasteiger partial charge in [-0.3, -0.25) is 4.79 Å². The smallest absolute Gasteiger partial charge is 0.244 e. The van der Waals surface area contributed by atoms with Gasteiger partial charge in [-0.1, -0.05) is 12.1 Å². The molecule has 2 rings (SSSR count). The Kier molecular flexibility index (Phi) is 3.54. The minimum atomic E-state index is -0.0840. The third-order valence-electron chi connectivity index (χ3n) is 2.12. The second-order valence-electron chi connectivity index (χ2n) is 4.02. The molecule has 1 aromatic heterocycles. The molecule has 0 spiro atoms. The maximum absolute atomic E-state index is 11.4. The molecule has 1 heterocycles. The van der Waals surface area contributed by atoms with Crippen LogP contribution in [0.3, 0.4) is 0 Å². The molecule has 1 N–H and O–H groups in total. The summed E-state index contributed by atoms with van der Waals surface area (Å²) in [5.41, 5.74) is 0.974. The average Bonchev–Trinajstić information content (AvgIpc) is 2.68. The summed E-state index contributed by atoms with van der Waals surface area (Å²) in [6.07, 6.45) is 3.28. The summed E-state index contributed by atoms with van der Waals surface area (Å²) in [7, 11) is 0. The minimum absolute atomic E-state index is 0.0840. The number of para-hydroxylation sites is 1. The third-order valence-corrected chi connectivity index (χ3v) is 3.12. The van der Waals surface area contributed by atoms with E-state index in [1.165, 1.54) is 6.08 Å². The van der Waals surface area contributed by atoms with Crippen LogP contribution in [0.4, 0.5) is 0 Å². The van der Waals surface area contributed by atoms with E-state index >= 15 is 0 Å². The van der Waals surface area contributed by atoms with Crippen molar-refractivity contribution in [3.05, 3.63) is 35.3 Å². The largest absolute Gasteiger partial charge is 0.350 e. The maximum atomic E-state index is 11.4. The van der Waals surface area contributed by atoms with E-state index in [9.17, 15) is 4.79 Å². The molecule has 4 heteroatoms. The van der Waals surface area contributed by atoms with Gasteiger partial charge in [0.15, 0.2) is 0 Å². The van der Waals surface area contributed by atoms with E-state index < -0.39 is 0 Å². The second-order valence-corrected chi connectivity index (χ2v) is 5.08. The van der Waals surface area contributed by atoms with E-state index in [0.717, 1.165) is 15.2 Å². The highest BCUT2D eigenvalue weighted by atomic mass is 32.1. The first-order valence-electron chi connectivity index (χ1n) is 5.49. The monoisotopic (exact) mass is 246 g/mol. The van der Waals surface area contributed by atoms with Gasteiger partial charge in [-0.05, 0) is 32.1 Å². The Morgan fingerprint density at radius 1 is 1.41 bits per heavy atom. The van der Waals surface area contributed by atoms with E-state index in [0.29, 0.717) is 0 Å². The van der Waals surface area contributed by atoms with Crippen molar-refractivity contribution < 1.29 is 4.79 Å². The van der Waals surface area contributed by atoms with Crippen LogP contribution < -0.4 is 5.32 Å².